The zero-order chi connectivity index (χ0) is 14.4. The summed E-state index contributed by atoms with van der Waals surface area (Å²) >= 11 is 0. The molecule has 1 heterocycles. The summed E-state index contributed by atoms with van der Waals surface area (Å²) in [6.45, 7) is 2.63. The van der Waals surface area contributed by atoms with Gasteiger partial charge < -0.3 is 9.47 Å². The van der Waals surface area contributed by atoms with Gasteiger partial charge in [0, 0.05) is 11.8 Å². The van der Waals surface area contributed by atoms with Gasteiger partial charge >= 0.3 is 0 Å². The zero-order valence-corrected chi connectivity index (χ0v) is 11.6. The number of hydrogen-bond donors (Lipinski definition) is 0. The second-order valence-corrected chi connectivity index (χ2v) is 4.29. The largest absolute Gasteiger partial charge is 0.496 e. The molecule has 2 aromatic rings. The highest BCUT2D eigenvalue weighted by Gasteiger charge is 2.14. The second-order valence-electron chi connectivity index (χ2n) is 4.29. The molecule has 104 valence electrons. The number of benzene rings is 1. The Morgan fingerprint density at radius 2 is 2.05 bits per heavy atom. The molecule has 2 rings (SSSR count). The maximum absolute atomic E-state index is 12.5. The molecule has 0 amide bonds. The zero-order valence-electron chi connectivity index (χ0n) is 11.6. The first kappa shape index (κ1) is 14.1. The first-order valence-electron chi connectivity index (χ1n) is 6.51. The van der Waals surface area contributed by atoms with Crippen molar-refractivity contribution >= 4 is 5.78 Å². The van der Waals surface area contributed by atoms with Gasteiger partial charge in [0.25, 0.3) is 0 Å². The molecule has 20 heavy (non-hydrogen) atoms. The summed E-state index contributed by atoms with van der Waals surface area (Å²) in [6.07, 6.45) is 4.05. The maximum atomic E-state index is 12.5. The number of aromatic nitrogens is 1. The molecule has 0 radical (unpaired) electrons. The van der Waals surface area contributed by atoms with Crippen molar-refractivity contribution in [1.82, 2.24) is 4.98 Å². The van der Waals surface area contributed by atoms with Crippen molar-refractivity contribution in [2.75, 3.05) is 13.7 Å². The molecule has 0 saturated heterocycles. The Kier molecular flexibility index (Phi) is 4.71. The van der Waals surface area contributed by atoms with Crippen LogP contribution in [0.4, 0.5) is 0 Å². The molecule has 0 N–H and O–H groups in total. The topological polar surface area (TPSA) is 48.4 Å². The summed E-state index contributed by atoms with van der Waals surface area (Å²) in [5.74, 6) is 1.03. The van der Waals surface area contributed by atoms with Crippen molar-refractivity contribution in [3.05, 3.63) is 53.9 Å². The predicted molar refractivity (Wildman–Crippen MR) is 76.4 cm³/mol. The van der Waals surface area contributed by atoms with Crippen LogP contribution >= 0.6 is 0 Å². The smallest absolute Gasteiger partial charge is 0.198 e. The second kappa shape index (κ2) is 6.70. The molecule has 0 bridgehead atoms. The number of carbonyl (C=O) groups excluding carboxylic acids is 1. The molecule has 0 spiro atoms. The van der Waals surface area contributed by atoms with E-state index in [1.165, 1.54) is 6.20 Å². The Morgan fingerprint density at radius 3 is 2.80 bits per heavy atom. The fraction of sp³-hybridized carbons (Fsp3) is 0.250. The molecule has 0 saturated carbocycles. The van der Waals surface area contributed by atoms with E-state index in [1.54, 1.807) is 37.6 Å². The van der Waals surface area contributed by atoms with E-state index in [9.17, 15) is 4.79 Å². The molecule has 0 aliphatic carbocycles. The van der Waals surface area contributed by atoms with Crippen LogP contribution in [0, 0.1) is 0 Å². The van der Waals surface area contributed by atoms with E-state index in [4.69, 9.17) is 9.47 Å². The highest BCUT2D eigenvalue weighted by Crippen LogP contribution is 2.22. The highest BCUT2D eigenvalue weighted by molar-refractivity contribution is 6.10. The first-order chi connectivity index (χ1) is 9.76. The summed E-state index contributed by atoms with van der Waals surface area (Å²) in [4.78, 5) is 16.5. The molecule has 0 atom stereocenters. The van der Waals surface area contributed by atoms with E-state index in [0.29, 0.717) is 29.2 Å². The fourth-order valence-electron chi connectivity index (χ4n) is 1.83. The quantitative estimate of drug-likeness (QED) is 0.757. The monoisotopic (exact) mass is 271 g/mol. The molecular formula is C16H17NO3. The van der Waals surface area contributed by atoms with Crippen LogP contribution in [0.15, 0.2) is 42.7 Å². The van der Waals surface area contributed by atoms with Gasteiger partial charge in [0.1, 0.15) is 11.5 Å². The number of carbonyl (C=O) groups is 1. The minimum atomic E-state index is -0.128. The lowest BCUT2D eigenvalue weighted by atomic mass is 10.0. The van der Waals surface area contributed by atoms with Gasteiger partial charge in [-0.3, -0.25) is 9.78 Å². The Labute approximate surface area is 118 Å². The Bertz CT molecular complexity index is 596. The molecule has 0 fully saturated rings. The minimum absolute atomic E-state index is 0.128. The van der Waals surface area contributed by atoms with Crippen molar-refractivity contribution in [2.45, 2.75) is 13.3 Å². The van der Waals surface area contributed by atoms with E-state index in [-0.39, 0.29) is 5.78 Å². The van der Waals surface area contributed by atoms with Crippen molar-refractivity contribution in [3.8, 4) is 11.5 Å². The number of pyridine rings is 1. The standard InChI is InChI=1S/C16H17NO3/c1-3-8-20-13-9-12(10-17-11-13)16(18)14-6-4-5-7-15(14)19-2/h4-7,9-11H,3,8H2,1-2H3. The highest BCUT2D eigenvalue weighted by atomic mass is 16.5. The Morgan fingerprint density at radius 1 is 1.25 bits per heavy atom. The summed E-state index contributed by atoms with van der Waals surface area (Å²) in [7, 11) is 1.55. The lowest BCUT2D eigenvalue weighted by molar-refractivity contribution is 0.103. The number of hydrogen-bond acceptors (Lipinski definition) is 4. The fourth-order valence-corrected chi connectivity index (χ4v) is 1.83. The maximum Gasteiger partial charge on any atom is 0.198 e. The lowest BCUT2D eigenvalue weighted by Crippen LogP contribution is -2.05. The molecule has 0 aliphatic heterocycles. The first-order valence-corrected chi connectivity index (χ1v) is 6.51. The van der Waals surface area contributed by atoms with Crippen LogP contribution in [0.25, 0.3) is 0 Å². The molecule has 0 unspecified atom stereocenters. The number of methoxy groups -OCH3 is 1. The molecule has 1 aromatic carbocycles. The van der Waals surface area contributed by atoms with Crippen LogP contribution in [-0.2, 0) is 0 Å². The summed E-state index contributed by atoms with van der Waals surface area (Å²) in [5, 5.41) is 0. The normalized spacial score (nSPS) is 10.1. The van der Waals surface area contributed by atoms with Gasteiger partial charge in [0.2, 0.25) is 0 Å². The Balaban J connectivity index is 2.28. The van der Waals surface area contributed by atoms with E-state index >= 15 is 0 Å². The average Bonchev–Trinajstić information content (AvgIpc) is 2.52. The van der Waals surface area contributed by atoms with Gasteiger partial charge in [-0.15, -0.1) is 0 Å². The van der Waals surface area contributed by atoms with Crippen LogP contribution in [0.1, 0.15) is 29.3 Å². The van der Waals surface area contributed by atoms with Gasteiger partial charge in [-0.2, -0.15) is 0 Å². The third-order valence-electron chi connectivity index (χ3n) is 2.80. The minimum Gasteiger partial charge on any atom is -0.496 e. The van der Waals surface area contributed by atoms with Crippen LogP contribution in [0.2, 0.25) is 0 Å². The average molecular weight is 271 g/mol. The lowest BCUT2D eigenvalue weighted by Gasteiger charge is -2.08. The van der Waals surface area contributed by atoms with Gasteiger partial charge in [-0.05, 0) is 24.6 Å². The number of nitrogens with zero attached hydrogens (tertiary/aromatic N) is 1. The van der Waals surface area contributed by atoms with Gasteiger partial charge in [-0.1, -0.05) is 19.1 Å². The summed E-state index contributed by atoms with van der Waals surface area (Å²) in [6, 6.07) is 8.84. The van der Waals surface area contributed by atoms with E-state index in [2.05, 4.69) is 4.98 Å². The number of ether oxygens (including phenoxy) is 2. The number of ketones is 1. The van der Waals surface area contributed by atoms with Gasteiger partial charge in [0.15, 0.2) is 5.78 Å². The summed E-state index contributed by atoms with van der Waals surface area (Å²) < 4.78 is 10.7. The van der Waals surface area contributed by atoms with Crippen molar-refractivity contribution in [2.24, 2.45) is 0 Å². The number of rotatable bonds is 6. The molecule has 4 heteroatoms. The van der Waals surface area contributed by atoms with Crippen LogP contribution in [0.3, 0.4) is 0 Å². The van der Waals surface area contributed by atoms with Crippen LogP contribution < -0.4 is 9.47 Å². The molecule has 4 nitrogen and oxygen atoms in total. The third-order valence-corrected chi connectivity index (χ3v) is 2.80. The van der Waals surface area contributed by atoms with Crippen molar-refractivity contribution < 1.29 is 14.3 Å². The van der Waals surface area contributed by atoms with Crippen LogP contribution in [-0.4, -0.2) is 24.5 Å². The molecule has 0 aliphatic rings. The van der Waals surface area contributed by atoms with Gasteiger partial charge in [0.05, 0.1) is 25.5 Å². The SMILES string of the molecule is CCCOc1cncc(C(=O)c2ccccc2OC)c1. The van der Waals surface area contributed by atoms with E-state index in [1.807, 2.05) is 13.0 Å². The predicted octanol–water partition coefficient (Wildman–Crippen LogP) is 3.11. The van der Waals surface area contributed by atoms with Crippen molar-refractivity contribution in [3.63, 3.8) is 0 Å². The molecular weight excluding hydrogens is 254 g/mol. The van der Waals surface area contributed by atoms with E-state index in [0.717, 1.165) is 6.42 Å². The van der Waals surface area contributed by atoms with Crippen LogP contribution in [0.5, 0.6) is 11.5 Å². The van der Waals surface area contributed by atoms with E-state index < -0.39 is 0 Å². The number of para-hydroxylation sites is 1. The molecule has 1 aromatic heterocycles. The Hall–Kier alpha value is -2.36. The van der Waals surface area contributed by atoms with Gasteiger partial charge in [-0.25, -0.2) is 0 Å². The summed E-state index contributed by atoms with van der Waals surface area (Å²) in [5.41, 5.74) is 1.01. The van der Waals surface area contributed by atoms with Crippen molar-refractivity contribution in [1.29, 1.82) is 0 Å². The third kappa shape index (κ3) is 3.15.